The highest BCUT2D eigenvalue weighted by atomic mass is 16.5. The Morgan fingerprint density at radius 3 is 0.852 bits per heavy atom. The van der Waals surface area contributed by atoms with Gasteiger partial charge in [-0.3, -0.25) is 0 Å². The second kappa shape index (κ2) is 14.5. The first-order valence-electron chi connectivity index (χ1n) is 8.12. The van der Waals surface area contributed by atoms with Gasteiger partial charge in [0.2, 0.25) is 0 Å². The number of aliphatic hydroxyl groups is 11. The summed E-state index contributed by atoms with van der Waals surface area (Å²) in [4.78, 5) is 0. The summed E-state index contributed by atoms with van der Waals surface area (Å²) in [5.74, 6) is 0. The molecule has 0 aromatic rings. The first-order valence-corrected chi connectivity index (χ1v) is 8.12. The van der Waals surface area contributed by atoms with Crippen LogP contribution in [-0.4, -0.2) is 135 Å². The van der Waals surface area contributed by atoms with Crippen molar-refractivity contribution in [2.45, 2.75) is 6.29 Å². The Kier molecular flexibility index (Phi) is 15.4. The van der Waals surface area contributed by atoms with Gasteiger partial charge in [-0.05, 0) is 0 Å². The van der Waals surface area contributed by atoms with Crippen molar-refractivity contribution in [2.24, 2.45) is 16.2 Å². The van der Waals surface area contributed by atoms with Gasteiger partial charge in [-0.25, -0.2) is 0 Å². The number of ether oxygens (including phenoxy) is 1. The van der Waals surface area contributed by atoms with Crippen LogP contribution in [0, 0.1) is 16.2 Å². The molecule has 0 heterocycles. The molecule has 12 nitrogen and oxygen atoms in total. The first kappa shape index (κ1) is 28.7. The predicted octanol–water partition coefficient (Wildman–Crippen LogP) is -5.81. The van der Waals surface area contributed by atoms with Crippen molar-refractivity contribution in [3.63, 3.8) is 0 Å². The minimum Gasteiger partial charge on any atom is -0.396 e. The summed E-state index contributed by atoms with van der Waals surface area (Å²) in [6.45, 7) is -5.01. The topological polar surface area (TPSA) is 232 Å². The molecule has 0 radical (unpaired) electrons. The van der Waals surface area contributed by atoms with Gasteiger partial charge in [-0.2, -0.15) is 0 Å². The molecule has 12 heteroatoms. The van der Waals surface area contributed by atoms with E-state index in [4.69, 9.17) is 60.9 Å². The molecule has 0 unspecified atom stereocenters. The van der Waals surface area contributed by atoms with Crippen molar-refractivity contribution in [1.82, 2.24) is 0 Å². The Morgan fingerprint density at radius 2 is 0.741 bits per heavy atom. The lowest BCUT2D eigenvalue weighted by Gasteiger charge is -2.31. The van der Waals surface area contributed by atoms with E-state index in [1.54, 1.807) is 0 Å². The quantitative estimate of drug-likeness (QED) is 0.121. The molecule has 0 aliphatic heterocycles. The van der Waals surface area contributed by atoms with Crippen LogP contribution in [0.4, 0.5) is 0 Å². The van der Waals surface area contributed by atoms with Crippen LogP contribution in [0.25, 0.3) is 0 Å². The van der Waals surface area contributed by atoms with Gasteiger partial charge in [0.05, 0.1) is 88.9 Å². The summed E-state index contributed by atoms with van der Waals surface area (Å²) in [7, 11) is 0. The van der Waals surface area contributed by atoms with Crippen molar-refractivity contribution in [3.05, 3.63) is 0 Å². The first-order chi connectivity index (χ1) is 12.7. The van der Waals surface area contributed by atoms with E-state index in [-0.39, 0.29) is 13.2 Å². The summed E-state index contributed by atoms with van der Waals surface area (Å²) >= 11 is 0. The number of hydrogen-bond acceptors (Lipinski definition) is 12. The highest BCUT2D eigenvalue weighted by molar-refractivity contribution is 4.80. The Morgan fingerprint density at radius 1 is 0.481 bits per heavy atom. The SMILES string of the molecule is OCC(CO)(CO)C(O)O.OCC(CO)(CO)COCC(CO)(CO)CO. The fourth-order valence-corrected chi connectivity index (χ4v) is 1.45. The van der Waals surface area contributed by atoms with Crippen LogP contribution in [0.5, 0.6) is 0 Å². The van der Waals surface area contributed by atoms with Crippen molar-refractivity contribution >= 4 is 0 Å². The molecular weight excluding hydrogens is 372 g/mol. The lowest BCUT2D eigenvalue weighted by Crippen LogP contribution is -2.45. The van der Waals surface area contributed by atoms with Gasteiger partial charge in [0.15, 0.2) is 6.29 Å². The Bertz CT molecular complexity index is 295. The Labute approximate surface area is 157 Å². The van der Waals surface area contributed by atoms with E-state index < -0.39 is 82.0 Å². The highest BCUT2D eigenvalue weighted by Gasteiger charge is 2.35. The van der Waals surface area contributed by atoms with Gasteiger partial charge < -0.3 is 60.9 Å². The van der Waals surface area contributed by atoms with Gasteiger partial charge in [-0.15, -0.1) is 0 Å². The van der Waals surface area contributed by atoms with Crippen molar-refractivity contribution < 1.29 is 60.9 Å². The third-order valence-corrected chi connectivity index (χ3v) is 4.32. The third-order valence-electron chi connectivity index (χ3n) is 4.32. The summed E-state index contributed by atoms with van der Waals surface area (Å²) < 4.78 is 5.15. The largest absolute Gasteiger partial charge is 0.396 e. The van der Waals surface area contributed by atoms with Gasteiger partial charge in [0, 0.05) is 0 Å². The smallest absolute Gasteiger partial charge is 0.163 e. The van der Waals surface area contributed by atoms with Crippen LogP contribution < -0.4 is 0 Å². The van der Waals surface area contributed by atoms with Crippen LogP contribution in [-0.2, 0) is 4.74 Å². The fourth-order valence-electron chi connectivity index (χ4n) is 1.45. The molecule has 0 spiro atoms. The van der Waals surface area contributed by atoms with E-state index in [1.807, 2.05) is 0 Å². The van der Waals surface area contributed by atoms with Gasteiger partial charge in [-0.1, -0.05) is 0 Å². The van der Waals surface area contributed by atoms with Crippen LogP contribution in [0.2, 0.25) is 0 Å². The molecular formula is C15H34O12. The molecule has 166 valence electrons. The zero-order valence-electron chi connectivity index (χ0n) is 15.2. The Hall–Kier alpha value is -0.480. The molecule has 0 amide bonds. The molecule has 11 N–H and O–H groups in total. The minimum absolute atomic E-state index is 0.141. The lowest BCUT2D eigenvalue weighted by molar-refractivity contribution is -0.182. The van der Waals surface area contributed by atoms with E-state index in [0.717, 1.165) is 0 Å². The average molecular weight is 406 g/mol. The normalized spacial score (nSPS) is 12.9. The third kappa shape index (κ3) is 8.60. The number of rotatable bonds is 14. The zero-order valence-corrected chi connectivity index (χ0v) is 15.2. The predicted molar refractivity (Wildman–Crippen MR) is 90.1 cm³/mol. The number of hydrogen-bond donors (Lipinski definition) is 11. The van der Waals surface area contributed by atoms with E-state index >= 15 is 0 Å². The molecule has 0 aliphatic carbocycles. The molecule has 0 aromatic carbocycles. The fraction of sp³-hybridized carbons (Fsp3) is 1.00. The van der Waals surface area contributed by atoms with Crippen molar-refractivity contribution in [2.75, 3.05) is 72.7 Å². The summed E-state index contributed by atoms with van der Waals surface area (Å²) in [5.41, 5.74) is -3.92. The second-order valence-electron chi connectivity index (χ2n) is 6.65. The summed E-state index contributed by atoms with van der Waals surface area (Å²) in [6.07, 6.45) is -1.91. The molecule has 0 fully saturated rings. The van der Waals surface area contributed by atoms with Gasteiger partial charge >= 0.3 is 0 Å². The maximum Gasteiger partial charge on any atom is 0.163 e. The van der Waals surface area contributed by atoms with E-state index in [2.05, 4.69) is 0 Å². The maximum absolute atomic E-state index is 9.03. The van der Waals surface area contributed by atoms with Crippen LogP contribution in [0.15, 0.2) is 0 Å². The number of aliphatic hydroxyl groups excluding tert-OH is 10. The molecule has 0 rings (SSSR count). The summed E-state index contributed by atoms with van der Waals surface area (Å²) in [5, 5.41) is 96.8. The monoisotopic (exact) mass is 406 g/mol. The lowest BCUT2D eigenvalue weighted by atomic mass is 9.91. The van der Waals surface area contributed by atoms with Gasteiger partial charge in [0.25, 0.3) is 0 Å². The standard InChI is InChI=1S/C10H22O7.C5H12O5/c11-1-9(2-12,3-13)7-17-8-10(4-14,5-15)6-16;6-1-5(2-7,3-8)4(9)10/h11-16H,1-8H2;4,6-10H,1-3H2. The molecule has 0 saturated heterocycles. The summed E-state index contributed by atoms with van der Waals surface area (Å²) in [6, 6.07) is 0. The average Bonchev–Trinajstić information content (AvgIpc) is 2.71. The molecule has 0 atom stereocenters. The Balaban J connectivity index is 0. The van der Waals surface area contributed by atoms with Crippen molar-refractivity contribution in [3.8, 4) is 0 Å². The second-order valence-corrected chi connectivity index (χ2v) is 6.65. The van der Waals surface area contributed by atoms with E-state index in [0.29, 0.717) is 0 Å². The maximum atomic E-state index is 9.03. The van der Waals surface area contributed by atoms with Gasteiger partial charge in [0.1, 0.15) is 0 Å². The van der Waals surface area contributed by atoms with Crippen LogP contribution >= 0.6 is 0 Å². The minimum atomic E-state index is -1.91. The molecule has 0 saturated carbocycles. The van der Waals surface area contributed by atoms with Crippen molar-refractivity contribution in [1.29, 1.82) is 0 Å². The van der Waals surface area contributed by atoms with E-state index in [9.17, 15) is 0 Å². The molecule has 0 aliphatic rings. The van der Waals surface area contributed by atoms with E-state index in [1.165, 1.54) is 0 Å². The molecule has 27 heavy (non-hydrogen) atoms. The van der Waals surface area contributed by atoms with Crippen LogP contribution in [0.1, 0.15) is 0 Å². The van der Waals surface area contributed by atoms with Crippen LogP contribution in [0.3, 0.4) is 0 Å². The zero-order chi connectivity index (χ0) is 21.6. The molecule has 0 aromatic heterocycles. The highest BCUT2D eigenvalue weighted by Crippen LogP contribution is 2.20. The molecule has 0 bridgehead atoms.